The molecule has 0 radical (unpaired) electrons. The molecule has 1 amide bonds. The van der Waals surface area contributed by atoms with Crippen molar-refractivity contribution in [1.29, 1.82) is 0 Å². The maximum Gasteiger partial charge on any atom is 0.256 e. The Bertz CT molecular complexity index is 962. The number of ether oxygens (including phenoxy) is 1. The van der Waals surface area contributed by atoms with Crippen molar-refractivity contribution >= 4 is 28.4 Å². The molecule has 5 nitrogen and oxygen atoms in total. The SMILES string of the molecule is O=C(NCCC1=CCCCC1)c1cn2c3c(ccc(Cl)c3c1=O)OCC2. The molecule has 26 heavy (non-hydrogen) atoms. The fourth-order valence-corrected chi connectivity index (χ4v) is 3.97. The predicted octanol–water partition coefficient (Wildman–Crippen LogP) is 3.67. The van der Waals surface area contributed by atoms with E-state index in [4.69, 9.17) is 16.3 Å². The number of amides is 1. The summed E-state index contributed by atoms with van der Waals surface area (Å²) in [6.45, 7) is 1.62. The van der Waals surface area contributed by atoms with E-state index in [1.807, 2.05) is 4.57 Å². The summed E-state index contributed by atoms with van der Waals surface area (Å²) < 4.78 is 7.50. The van der Waals surface area contributed by atoms with Crippen LogP contribution in [0.15, 0.2) is 34.8 Å². The van der Waals surface area contributed by atoms with Crippen molar-refractivity contribution in [3.63, 3.8) is 0 Å². The number of nitrogens with zero attached hydrogens (tertiary/aromatic N) is 1. The molecule has 0 saturated carbocycles. The number of pyridine rings is 1. The summed E-state index contributed by atoms with van der Waals surface area (Å²) in [5.74, 6) is 0.286. The van der Waals surface area contributed by atoms with Crippen LogP contribution in [-0.4, -0.2) is 23.6 Å². The molecular formula is C20H21ClN2O3. The second-order valence-corrected chi connectivity index (χ2v) is 7.20. The molecule has 4 rings (SSSR count). The summed E-state index contributed by atoms with van der Waals surface area (Å²) in [6, 6.07) is 3.41. The first-order valence-corrected chi connectivity index (χ1v) is 9.47. The molecule has 6 heteroatoms. The number of benzene rings is 1. The van der Waals surface area contributed by atoms with Gasteiger partial charge in [0.15, 0.2) is 0 Å². The van der Waals surface area contributed by atoms with Crippen molar-refractivity contribution in [3.8, 4) is 5.75 Å². The average molecular weight is 373 g/mol. The number of nitrogens with one attached hydrogen (secondary N) is 1. The van der Waals surface area contributed by atoms with Crippen LogP contribution in [0.3, 0.4) is 0 Å². The molecule has 136 valence electrons. The maximum atomic E-state index is 12.9. The largest absolute Gasteiger partial charge is 0.490 e. The molecule has 0 atom stereocenters. The highest BCUT2D eigenvalue weighted by atomic mass is 35.5. The number of rotatable bonds is 4. The molecule has 1 aromatic carbocycles. The van der Waals surface area contributed by atoms with Gasteiger partial charge in [-0.05, 0) is 44.2 Å². The quantitative estimate of drug-likeness (QED) is 0.833. The van der Waals surface area contributed by atoms with Crippen LogP contribution in [0.25, 0.3) is 10.9 Å². The van der Waals surface area contributed by atoms with Crippen LogP contribution >= 0.6 is 11.6 Å². The lowest BCUT2D eigenvalue weighted by molar-refractivity contribution is 0.0952. The summed E-state index contributed by atoms with van der Waals surface area (Å²) in [6.07, 6.45) is 9.44. The molecule has 1 aliphatic heterocycles. The third-order valence-corrected chi connectivity index (χ3v) is 5.40. The topological polar surface area (TPSA) is 60.3 Å². The Hall–Kier alpha value is -2.27. The van der Waals surface area contributed by atoms with Gasteiger partial charge < -0.3 is 14.6 Å². The second kappa shape index (κ2) is 7.16. The van der Waals surface area contributed by atoms with Crippen LogP contribution in [0.4, 0.5) is 0 Å². The van der Waals surface area contributed by atoms with Crippen molar-refractivity contribution < 1.29 is 9.53 Å². The third kappa shape index (κ3) is 3.12. The first-order chi connectivity index (χ1) is 12.6. The minimum atomic E-state index is -0.344. The van der Waals surface area contributed by atoms with Gasteiger partial charge in [0, 0.05) is 12.7 Å². The van der Waals surface area contributed by atoms with Gasteiger partial charge in [0.05, 0.1) is 22.5 Å². The standard InChI is InChI=1S/C20H21ClN2O3/c21-15-6-7-16-18-17(15)19(24)14(12-23(18)10-11-26-16)20(25)22-9-8-13-4-2-1-3-5-13/h4,6-7,12H,1-3,5,8-11H2,(H,22,25). The van der Waals surface area contributed by atoms with Gasteiger partial charge in [0.25, 0.3) is 5.91 Å². The van der Waals surface area contributed by atoms with Gasteiger partial charge in [-0.2, -0.15) is 0 Å². The van der Waals surface area contributed by atoms with E-state index in [9.17, 15) is 9.59 Å². The van der Waals surface area contributed by atoms with Crippen LogP contribution in [-0.2, 0) is 6.54 Å². The summed E-state index contributed by atoms with van der Waals surface area (Å²) in [5, 5.41) is 3.58. The van der Waals surface area contributed by atoms with Gasteiger partial charge >= 0.3 is 0 Å². The van der Waals surface area contributed by atoms with Gasteiger partial charge in [-0.25, -0.2) is 0 Å². The van der Waals surface area contributed by atoms with Gasteiger partial charge in [-0.1, -0.05) is 23.3 Å². The molecule has 2 aromatic rings. The lowest BCUT2D eigenvalue weighted by Gasteiger charge is -2.22. The molecule has 0 saturated heterocycles. The highest BCUT2D eigenvalue weighted by molar-refractivity contribution is 6.35. The number of hydrogen-bond donors (Lipinski definition) is 1. The van der Waals surface area contributed by atoms with E-state index < -0.39 is 0 Å². The van der Waals surface area contributed by atoms with Crippen molar-refractivity contribution in [2.75, 3.05) is 13.2 Å². The predicted molar refractivity (Wildman–Crippen MR) is 102 cm³/mol. The highest BCUT2D eigenvalue weighted by Gasteiger charge is 2.22. The number of aromatic nitrogens is 1. The fraction of sp³-hybridized carbons (Fsp3) is 0.400. The molecule has 0 spiro atoms. The minimum absolute atomic E-state index is 0.135. The summed E-state index contributed by atoms with van der Waals surface area (Å²) >= 11 is 6.26. The maximum absolute atomic E-state index is 12.9. The van der Waals surface area contributed by atoms with E-state index >= 15 is 0 Å². The second-order valence-electron chi connectivity index (χ2n) is 6.80. The van der Waals surface area contributed by atoms with E-state index in [2.05, 4.69) is 11.4 Å². The molecule has 1 aliphatic carbocycles. The van der Waals surface area contributed by atoms with Crippen molar-refractivity contribution in [2.24, 2.45) is 0 Å². The zero-order valence-corrected chi connectivity index (χ0v) is 15.3. The van der Waals surface area contributed by atoms with E-state index in [-0.39, 0.29) is 16.9 Å². The van der Waals surface area contributed by atoms with E-state index in [1.165, 1.54) is 18.4 Å². The number of allylic oxidation sites excluding steroid dienone is 1. The zero-order valence-electron chi connectivity index (χ0n) is 14.5. The lowest BCUT2D eigenvalue weighted by atomic mass is 9.97. The Morgan fingerprint density at radius 2 is 2.19 bits per heavy atom. The minimum Gasteiger partial charge on any atom is -0.490 e. The number of carbonyl (C=O) groups excluding carboxylic acids is 1. The molecule has 0 unspecified atom stereocenters. The van der Waals surface area contributed by atoms with E-state index in [1.54, 1.807) is 18.3 Å². The summed E-state index contributed by atoms with van der Waals surface area (Å²) in [4.78, 5) is 25.5. The number of halogens is 1. The molecule has 2 heterocycles. The molecular weight excluding hydrogens is 352 g/mol. The van der Waals surface area contributed by atoms with Gasteiger partial charge in [-0.3, -0.25) is 9.59 Å². The van der Waals surface area contributed by atoms with Crippen molar-refractivity contribution in [1.82, 2.24) is 9.88 Å². The Balaban J connectivity index is 1.61. The van der Waals surface area contributed by atoms with Crippen LogP contribution in [0.1, 0.15) is 42.5 Å². The van der Waals surface area contributed by atoms with Crippen LogP contribution in [0.5, 0.6) is 5.75 Å². The number of carbonyl (C=O) groups is 1. The van der Waals surface area contributed by atoms with Crippen molar-refractivity contribution in [3.05, 3.63) is 50.8 Å². The van der Waals surface area contributed by atoms with Crippen molar-refractivity contribution in [2.45, 2.75) is 38.6 Å². The smallest absolute Gasteiger partial charge is 0.256 e. The molecule has 1 aromatic heterocycles. The van der Waals surface area contributed by atoms with Crippen LogP contribution in [0.2, 0.25) is 5.02 Å². The Morgan fingerprint density at radius 3 is 3.00 bits per heavy atom. The van der Waals surface area contributed by atoms with Crippen LogP contribution in [0, 0.1) is 0 Å². The van der Waals surface area contributed by atoms with Gasteiger partial charge in [0.1, 0.15) is 17.9 Å². The fourth-order valence-electron chi connectivity index (χ4n) is 3.73. The third-order valence-electron chi connectivity index (χ3n) is 5.08. The molecule has 2 aliphatic rings. The Labute approximate surface area is 156 Å². The normalized spacial score (nSPS) is 16.1. The number of hydrogen-bond acceptors (Lipinski definition) is 3. The van der Waals surface area contributed by atoms with E-state index in [0.29, 0.717) is 41.4 Å². The molecule has 1 N–H and O–H groups in total. The molecule has 0 fully saturated rings. The zero-order chi connectivity index (χ0) is 18.1. The lowest BCUT2D eigenvalue weighted by Crippen LogP contribution is -2.32. The van der Waals surface area contributed by atoms with Crippen LogP contribution < -0.4 is 15.5 Å². The van der Waals surface area contributed by atoms with E-state index in [0.717, 1.165) is 19.3 Å². The van der Waals surface area contributed by atoms with Gasteiger partial charge in [-0.15, -0.1) is 0 Å². The molecule has 0 bridgehead atoms. The van der Waals surface area contributed by atoms with Gasteiger partial charge in [0.2, 0.25) is 5.43 Å². The monoisotopic (exact) mass is 372 g/mol. The summed E-state index contributed by atoms with van der Waals surface area (Å²) in [5.41, 5.74) is 1.85. The Kier molecular flexibility index (Phi) is 4.72. The highest BCUT2D eigenvalue weighted by Crippen LogP contribution is 2.32. The first-order valence-electron chi connectivity index (χ1n) is 9.10. The average Bonchev–Trinajstić information content (AvgIpc) is 2.66. The summed E-state index contributed by atoms with van der Waals surface area (Å²) in [7, 11) is 0. The Morgan fingerprint density at radius 1 is 1.31 bits per heavy atom. The first kappa shape index (κ1) is 17.2.